The van der Waals surface area contributed by atoms with Crippen LogP contribution in [0, 0.1) is 0 Å². The number of halogens is 2. The monoisotopic (exact) mass is 484 g/mol. The third kappa shape index (κ3) is 4.33. The lowest BCUT2D eigenvalue weighted by Gasteiger charge is -2.17. The summed E-state index contributed by atoms with van der Waals surface area (Å²) in [5.41, 5.74) is 8.62. The van der Waals surface area contributed by atoms with Crippen LogP contribution < -0.4 is 5.73 Å². The molecule has 33 heavy (non-hydrogen) atoms. The maximum atomic E-state index is 12.8. The Labute approximate surface area is 202 Å². The summed E-state index contributed by atoms with van der Waals surface area (Å²) in [7, 11) is 2.10. The molecule has 0 bridgehead atoms. The molecule has 172 valence electrons. The van der Waals surface area contributed by atoms with Gasteiger partial charge in [0.25, 0.3) is 0 Å². The molecule has 1 amide bonds. The number of nitrogens with zero attached hydrogens (tertiary/aromatic N) is 5. The number of likely N-dealkylation sites (tertiary alicyclic amines) is 1. The molecule has 2 fully saturated rings. The number of aromatic nitrogens is 3. The van der Waals surface area contributed by atoms with Crippen molar-refractivity contribution in [3.05, 3.63) is 52.9 Å². The number of fused-ring (bicyclic) bond motifs is 1. The van der Waals surface area contributed by atoms with Gasteiger partial charge in [0.2, 0.25) is 5.91 Å². The molecule has 3 aromatic rings. The van der Waals surface area contributed by atoms with Gasteiger partial charge in [0.1, 0.15) is 22.9 Å². The maximum absolute atomic E-state index is 12.8. The highest BCUT2D eigenvalue weighted by molar-refractivity contribution is 6.35. The van der Waals surface area contributed by atoms with E-state index in [9.17, 15) is 4.79 Å². The lowest BCUT2D eigenvalue weighted by atomic mass is 10.1. The number of hydrogen-bond donors (Lipinski definition) is 1. The molecule has 0 unspecified atom stereocenters. The number of nitrogen functional groups attached to an aromatic ring is 1. The van der Waals surface area contributed by atoms with Crippen molar-refractivity contribution in [3.63, 3.8) is 0 Å². The van der Waals surface area contributed by atoms with Gasteiger partial charge >= 0.3 is 0 Å². The second kappa shape index (κ2) is 8.97. The number of benzene rings is 1. The highest BCUT2D eigenvalue weighted by atomic mass is 35.5. The second-order valence-electron chi connectivity index (χ2n) is 8.80. The van der Waals surface area contributed by atoms with Crippen LogP contribution in [0.4, 0.5) is 5.82 Å². The van der Waals surface area contributed by atoms with Gasteiger partial charge in [-0.15, -0.1) is 0 Å². The average molecular weight is 485 g/mol. The van der Waals surface area contributed by atoms with Crippen LogP contribution in [0.3, 0.4) is 0 Å². The summed E-state index contributed by atoms with van der Waals surface area (Å²) in [5, 5.41) is 1.90. The largest absolute Gasteiger partial charge is 0.383 e. The fraction of sp³-hybridized carbons (Fsp3) is 0.375. The summed E-state index contributed by atoms with van der Waals surface area (Å²) < 4.78 is 2.00. The van der Waals surface area contributed by atoms with Crippen molar-refractivity contribution in [2.45, 2.75) is 31.3 Å². The lowest BCUT2D eigenvalue weighted by Crippen LogP contribution is -2.28. The van der Waals surface area contributed by atoms with Crippen molar-refractivity contribution in [2.24, 2.45) is 0 Å². The molecule has 1 saturated heterocycles. The Morgan fingerprint density at radius 3 is 2.70 bits per heavy atom. The first-order chi connectivity index (χ1) is 15.9. The molecule has 2 aliphatic rings. The molecular formula is C24H26Cl2N6O. The standard InChI is InChI=1S/C24H26Cl2N6O/c1-30(17-8-9-17)11-2-3-19(33)31-12-10-18(13-31)32-22(26)20(15-4-6-16(25)7-5-15)21-23(27)28-14-29-24(21)32/h2-7,14,17-18H,8-13H2,1H3,(H2,27,28,29)/b3-2+/t18-/m1/s1. The van der Waals surface area contributed by atoms with Crippen LogP contribution in [0.1, 0.15) is 25.3 Å². The molecule has 3 heterocycles. The zero-order valence-electron chi connectivity index (χ0n) is 18.4. The predicted octanol–water partition coefficient (Wildman–Crippen LogP) is 4.41. The van der Waals surface area contributed by atoms with Gasteiger partial charge in [-0.2, -0.15) is 0 Å². The Balaban J connectivity index is 1.41. The van der Waals surface area contributed by atoms with Gasteiger partial charge in [-0.1, -0.05) is 41.4 Å². The fourth-order valence-corrected chi connectivity index (χ4v) is 5.13. The highest BCUT2D eigenvalue weighted by Gasteiger charge is 2.32. The Morgan fingerprint density at radius 2 is 1.97 bits per heavy atom. The summed E-state index contributed by atoms with van der Waals surface area (Å²) in [5.74, 6) is 0.403. The molecule has 7 nitrogen and oxygen atoms in total. The van der Waals surface area contributed by atoms with E-state index in [2.05, 4.69) is 21.9 Å². The van der Waals surface area contributed by atoms with E-state index in [-0.39, 0.29) is 11.9 Å². The van der Waals surface area contributed by atoms with Gasteiger partial charge in [0, 0.05) is 42.3 Å². The number of rotatable bonds is 6. The number of nitrogens with two attached hydrogens (primary N) is 1. The first-order valence-corrected chi connectivity index (χ1v) is 11.9. The molecule has 1 aliphatic heterocycles. The van der Waals surface area contributed by atoms with Gasteiger partial charge in [0.15, 0.2) is 0 Å². The van der Waals surface area contributed by atoms with E-state index in [0.717, 1.165) is 29.5 Å². The Kier molecular flexibility index (Phi) is 6.03. The molecule has 5 rings (SSSR count). The van der Waals surface area contributed by atoms with Crippen LogP contribution in [0.25, 0.3) is 22.2 Å². The number of anilines is 1. The molecule has 2 aromatic heterocycles. The van der Waals surface area contributed by atoms with E-state index in [4.69, 9.17) is 28.9 Å². The highest BCUT2D eigenvalue weighted by Crippen LogP contribution is 2.42. The van der Waals surface area contributed by atoms with Crippen LogP contribution in [-0.2, 0) is 4.79 Å². The molecule has 0 radical (unpaired) electrons. The first kappa shape index (κ1) is 22.2. The van der Waals surface area contributed by atoms with Crippen molar-refractivity contribution < 1.29 is 4.79 Å². The van der Waals surface area contributed by atoms with Gasteiger partial charge in [-0.05, 0) is 44.0 Å². The van der Waals surface area contributed by atoms with Crippen molar-refractivity contribution in [2.75, 3.05) is 32.4 Å². The first-order valence-electron chi connectivity index (χ1n) is 11.2. The molecule has 1 aliphatic carbocycles. The van der Waals surface area contributed by atoms with E-state index in [1.807, 2.05) is 39.8 Å². The number of carbonyl (C=O) groups is 1. The number of carbonyl (C=O) groups excluding carboxylic acids is 1. The van der Waals surface area contributed by atoms with Crippen LogP contribution >= 0.6 is 23.2 Å². The number of hydrogen-bond acceptors (Lipinski definition) is 5. The number of amides is 1. The third-order valence-electron chi connectivity index (χ3n) is 6.55. The van der Waals surface area contributed by atoms with Gasteiger partial charge in [-0.3, -0.25) is 9.69 Å². The Hall–Kier alpha value is -2.61. The van der Waals surface area contributed by atoms with Gasteiger partial charge < -0.3 is 15.2 Å². The van der Waals surface area contributed by atoms with Crippen LogP contribution in [0.15, 0.2) is 42.7 Å². The second-order valence-corrected chi connectivity index (χ2v) is 9.59. The smallest absolute Gasteiger partial charge is 0.246 e. The van der Waals surface area contributed by atoms with E-state index < -0.39 is 0 Å². The van der Waals surface area contributed by atoms with E-state index >= 15 is 0 Å². The van der Waals surface area contributed by atoms with Crippen molar-refractivity contribution in [1.82, 2.24) is 24.3 Å². The van der Waals surface area contributed by atoms with Crippen molar-refractivity contribution in [3.8, 4) is 11.1 Å². The maximum Gasteiger partial charge on any atom is 0.246 e. The topological polar surface area (TPSA) is 80.3 Å². The van der Waals surface area contributed by atoms with Crippen LogP contribution in [0.5, 0.6) is 0 Å². The fourth-order valence-electron chi connectivity index (χ4n) is 4.58. The molecule has 9 heteroatoms. The Bertz CT molecular complexity index is 1220. The minimum atomic E-state index is 0.00170. The minimum Gasteiger partial charge on any atom is -0.383 e. The summed E-state index contributed by atoms with van der Waals surface area (Å²) in [4.78, 5) is 25.6. The number of likely N-dealkylation sites (N-methyl/N-ethyl adjacent to an activating group) is 1. The average Bonchev–Trinajstić information content (AvgIpc) is 3.46. The van der Waals surface area contributed by atoms with Gasteiger partial charge in [-0.25, -0.2) is 9.97 Å². The molecule has 2 N–H and O–H groups in total. The summed E-state index contributed by atoms with van der Waals surface area (Å²) in [6.45, 7) is 2.02. The van der Waals surface area contributed by atoms with E-state index in [1.54, 1.807) is 6.08 Å². The molecular weight excluding hydrogens is 459 g/mol. The quantitative estimate of drug-likeness (QED) is 0.524. The lowest BCUT2D eigenvalue weighted by molar-refractivity contribution is -0.125. The normalized spacial score (nSPS) is 18.8. The molecule has 1 atom stereocenters. The van der Waals surface area contributed by atoms with E-state index in [1.165, 1.54) is 19.2 Å². The van der Waals surface area contributed by atoms with E-state index in [0.29, 0.717) is 40.8 Å². The van der Waals surface area contributed by atoms with Crippen molar-refractivity contribution >= 4 is 46.0 Å². The van der Waals surface area contributed by atoms with Crippen LogP contribution in [0.2, 0.25) is 10.2 Å². The SMILES string of the molecule is CN(C/C=C/C(=O)N1CC[C@@H](n2c(Cl)c(-c3ccc(Cl)cc3)c3c(N)ncnc32)C1)C1CC1. The molecule has 1 aromatic carbocycles. The summed E-state index contributed by atoms with van der Waals surface area (Å²) in [6, 6.07) is 8.14. The summed E-state index contributed by atoms with van der Waals surface area (Å²) >= 11 is 13.0. The zero-order valence-corrected chi connectivity index (χ0v) is 19.9. The molecule has 1 saturated carbocycles. The van der Waals surface area contributed by atoms with Crippen molar-refractivity contribution in [1.29, 1.82) is 0 Å². The summed E-state index contributed by atoms with van der Waals surface area (Å²) in [6.07, 6.45) is 8.39. The Morgan fingerprint density at radius 1 is 1.21 bits per heavy atom. The third-order valence-corrected chi connectivity index (χ3v) is 7.17. The predicted molar refractivity (Wildman–Crippen MR) is 132 cm³/mol. The van der Waals surface area contributed by atoms with Gasteiger partial charge in [0.05, 0.1) is 11.4 Å². The molecule has 0 spiro atoms. The van der Waals surface area contributed by atoms with Crippen LogP contribution in [-0.4, -0.2) is 63.0 Å². The minimum absolute atomic E-state index is 0.00170. The zero-order chi connectivity index (χ0) is 23.1.